The van der Waals surface area contributed by atoms with E-state index in [0.717, 1.165) is 10.4 Å². The molecule has 0 radical (unpaired) electrons. The topological polar surface area (TPSA) is 55.8 Å². The number of carbonyl (C=O) groups excluding carboxylic acids is 1. The quantitative estimate of drug-likeness (QED) is 0.599. The lowest BCUT2D eigenvalue weighted by atomic mass is 10.2. The summed E-state index contributed by atoms with van der Waals surface area (Å²) in [5.41, 5.74) is 0. The molecule has 0 aliphatic rings. The second-order valence-corrected chi connectivity index (χ2v) is 11.5. The van der Waals surface area contributed by atoms with Crippen molar-refractivity contribution in [3.63, 3.8) is 0 Å². The number of esters is 1. The minimum Gasteiger partial charge on any atom is -0.464 e. The smallest absolute Gasteiger partial charge is 0.337 e. The van der Waals surface area contributed by atoms with Gasteiger partial charge in [0.15, 0.2) is 6.10 Å². The Morgan fingerprint density at radius 2 is 1.46 bits per heavy atom. The lowest BCUT2D eigenvalue weighted by Gasteiger charge is -2.43. The van der Waals surface area contributed by atoms with Crippen LogP contribution in [0.5, 0.6) is 0 Å². The van der Waals surface area contributed by atoms with Gasteiger partial charge in [0.25, 0.3) is 8.32 Å². The minimum atomic E-state index is -2.75. The molecule has 1 unspecified atom stereocenters. The van der Waals surface area contributed by atoms with Gasteiger partial charge in [-0.3, -0.25) is 0 Å². The number of hydrogen-bond acceptors (Lipinski definition) is 4. The highest BCUT2D eigenvalue weighted by molar-refractivity contribution is 6.99. The molecule has 2 aromatic carbocycles. The van der Waals surface area contributed by atoms with Crippen molar-refractivity contribution in [1.82, 2.24) is 0 Å². The van der Waals surface area contributed by atoms with Crippen molar-refractivity contribution in [1.29, 1.82) is 0 Å². The predicted molar refractivity (Wildman–Crippen MR) is 106 cm³/mol. The largest absolute Gasteiger partial charge is 0.464 e. The van der Waals surface area contributed by atoms with Gasteiger partial charge in [-0.1, -0.05) is 81.4 Å². The minimum absolute atomic E-state index is 0.0912. The van der Waals surface area contributed by atoms with Crippen molar-refractivity contribution >= 4 is 24.7 Å². The number of rotatable bonds is 7. The van der Waals surface area contributed by atoms with E-state index in [0.29, 0.717) is 0 Å². The fourth-order valence-electron chi connectivity index (χ4n) is 3.27. The molecule has 0 aliphatic heterocycles. The van der Waals surface area contributed by atoms with Gasteiger partial charge in [-0.05, 0) is 22.3 Å². The van der Waals surface area contributed by atoms with Crippen molar-refractivity contribution in [2.45, 2.75) is 38.8 Å². The van der Waals surface area contributed by atoms with Crippen LogP contribution in [-0.4, -0.2) is 38.7 Å². The summed E-state index contributed by atoms with van der Waals surface area (Å²) >= 11 is 0. The van der Waals surface area contributed by atoms with Crippen LogP contribution in [0.3, 0.4) is 0 Å². The highest BCUT2D eigenvalue weighted by Crippen LogP contribution is 2.36. The average molecular weight is 373 g/mol. The van der Waals surface area contributed by atoms with Crippen molar-refractivity contribution in [3.8, 4) is 0 Å². The zero-order chi connectivity index (χ0) is 19.2. The Kier molecular flexibility index (Phi) is 6.75. The Morgan fingerprint density at radius 3 is 1.85 bits per heavy atom. The molecule has 2 rings (SSSR count). The van der Waals surface area contributed by atoms with Crippen molar-refractivity contribution < 1.29 is 19.1 Å². The first-order valence-electron chi connectivity index (χ1n) is 8.92. The summed E-state index contributed by atoms with van der Waals surface area (Å²) in [5.74, 6) is -0.648. The van der Waals surface area contributed by atoms with Gasteiger partial charge in [-0.25, -0.2) is 4.79 Å². The van der Waals surface area contributed by atoms with Crippen LogP contribution in [0.1, 0.15) is 27.7 Å². The van der Waals surface area contributed by atoms with E-state index in [1.54, 1.807) is 6.92 Å². The number of hydrogen-bond donors (Lipinski definition) is 1. The lowest BCUT2D eigenvalue weighted by molar-refractivity contribution is -0.154. The third kappa shape index (κ3) is 4.23. The first kappa shape index (κ1) is 20.4. The average Bonchev–Trinajstić information content (AvgIpc) is 2.63. The molecule has 2 aromatic rings. The Labute approximate surface area is 156 Å². The van der Waals surface area contributed by atoms with Crippen LogP contribution in [-0.2, 0) is 14.0 Å². The van der Waals surface area contributed by atoms with Crippen LogP contribution in [0.4, 0.5) is 0 Å². The summed E-state index contributed by atoms with van der Waals surface area (Å²) in [5, 5.41) is 12.2. The van der Waals surface area contributed by atoms with Crippen molar-refractivity contribution in [3.05, 3.63) is 60.7 Å². The first-order chi connectivity index (χ1) is 12.3. The second kappa shape index (κ2) is 8.62. The zero-order valence-corrected chi connectivity index (χ0v) is 16.9. The third-order valence-corrected chi connectivity index (χ3v) is 9.44. The van der Waals surface area contributed by atoms with Crippen LogP contribution in [0, 0.1) is 0 Å². The van der Waals surface area contributed by atoms with Crippen LogP contribution in [0.2, 0.25) is 5.04 Å². The second-order valence-electron chi connectivity index (χ2n) is 7.24. The summed E-state index contributed by atoms with van der Waals surface area (Å²) in [4.78, 5) is 11.8. The van der Waals surface area contributed by atoms with E-state index in [2.05, 4.69) is 45.0 Å². The molecule has 0 aliphatic carbocycles. The molecule has 1 atom stereocenters. The van der Waals surface area contributed by atoms with Crippen LogP contribution in [0.15, 0.2) is 60.7 Å². The molecule has 1 N–H and O–H groups in total. The van der Waals surface area contributed by atoms with Crippen LogP contribution >= 0.6 is 0 Å². The molecule has 0 aromatic heterocycles. The number of benzene rings is 2. The van der Waals surface area contributed by atoms with Gasteiger partial charge in [0.05, 0.1) is 13.2 Å². The van der Waals surface area contributed by atoms with E-state index in [9.17, 15) is 9.90 Å². The first-order valence-corrected chi connectivity index (χ1v) is 10.8. The molecule has 5 heteroatoms. The molecule has 0 spiro atoms. The summed E-state index contributed by atoms with van der Waals surface area (Å²) < 4.78 is 11.4. The summed E-state index contributed by atoms with van der Waals surface area (Å²) in [6.45, 7) is 8.30. The summed E-state index contributed by atoms with van der Waals surface area (Å²) in [6, 6.07) is 20.2. The van der Waals surface area contributed by atoms with E-state index in [1.165, 1.54) is 0 Å². The molecule has 26 heavy (non-hydrogen) atoms. The van der Waals surface area contributed by atoms with Gasteiger partial charge in [0, 0.05) is 0 Å². The maximum Gasteiger partial charge on any atom is 0.337 e. The highest BCUT2D eigenvalue weighted by atomic mass is 28.4. The summed E-state index contributed by atoms with van der Waals surface area (Å²) in [6.07, 6.45) is -1.29. The van der Waals surface area contributed by atoms with E-state index >= 15 is 0 Å². The number of ether oxygens (including phenoxy) is 1. The van der Waals surface area contributed by atoms with Crippen molar-refractivity contribution in [2.24, 2.45) is 0 Å². The number of aliphatic hydroxyl groups excluding tert-OH is 1. The fraction of sp³-hybridized carbons (Fsp3) is 0.381. The van der Waals surface area contributed by atoms with Gasteiger partial charge < -0.3 is 14.3 Å². The Hall–Kier alpha value is -1.95. The molecule has 4 nitrogen and oxygen atoms in total. The van der Waals surface area contributed by atoms with E-state index < -0.39 is 20.4 Å². The van der Waals surface area contributed by atoms with Gasteiger partial charge >= 0.3 is 5.97 Å². The third-order valence-electron chi connectivity index (χ3n) is 4.43. The molecule has 0 bridgehead atoms. The van der Waals surface area contributed by atoms with Gasteiger partial charge in [0.1, 0.15) is 0 Å². The molecule has 0 saturated carbocycles. The fourth-order valence-corrected chi connectivity index (χ4v) is 7.84. The Balaban J connectivity index is 2.49. The normalized spacial score (nSPS) is 13.3. The van der Waals surface area contributed by atoms with E-state index in [4.69, 9.17) is 9.16 Å². The van der Waals surface area contributed by atoms with Gasteiger partial charge in [-0.2, -0.15) is 0 Å². The van der Waals surface area contributed by atoms with E-state index in [1.807, 2.05) is 36.4 Å². The molecular weight excluding hydrogens is 344 g/mol. The lowest BCUT2D eigenvalue weighted by Crippen LogP contribution is -2.67. The monoisotopic (exact) mass is 372 g/mol. The maximum atomic E-state index is 11.8. The molecule has 0 fully saturated rings. The van der Waals surface area contributed by atoms with Crippen LogP contribution < -0.4 is 10.4 Å². The SMILES string of the molecule is CCOC(=O)C(O)CO[Si](c1ccccc1)(c1ccccc1)C(C)(C)C. The highest BCUT2D eigenvalue weighted by Gasteiger charge is 2.50. The van der Waals surface area contributed by atoms with Crippen molar-refractivity contribution in [2.75, 3.05) is 13.2 Å². The van der Waals surface area contributed by atoms with Gasteiger partial charge in [-0.15, -0.1) is 0 Å². The van der Waals surface area contributed by atoms with Crippen LogP contribution in [0.25, 0.3) is 0 Å². The molecule has 0 amide bonds. The standard InChI is InChI=1S/C21H28O4Si/c1-5-24-20(23)19(22)16-25-26(21(2,3)4,17-12-8-6-9-13-17)18-14-10-7-11-15-18/h6-15,19,22H,5,16H2,1-4H3. The Bertz CT molecular complexity index is 655. The number of aliphatic hydroxyl groups is 1. The molecular formula is C21H28O4Si. The molecule has 140 valence electrons. The zero-order valence-electron chi connectivity index (χ0n) is 15.9. The summed E-state index contributed by atoms with van der Waals surface area (Å²) in [7, 11) is -2.75. The molecule has 0 heterocycles. The van der Waals surface area contributed by atoms with E-state index in [-0.39, 0.29) is 18.3 Å². The number of carbonyl (C=O) groups is 1. The molecule has 0 saturated heterocycles. The van der Waals surface area contributed by atoms with Gasteiger partial charge in [0.2, 0.25) is 0 Å². The maximum absolute atomic E-state index is 11.8. The Morgan fingerprint density at radius 1 is 1.00 bits per heavy atom. The predicted octanol–water partition coefficient (Wildman–Crippen LogP) is 2.49.